The molecule has 0 radical (unpaired) electrons. The molecule has 0 fully saturated rings. The monoisotopic (exact) mass is 410 g/mol. The molecule has 6 nitrogen and oxygen atoms in total. The SMILES string of the molecule is CCOc1ccc(S(=O)(=O)N[C@@H](C)CC)cc1NC(=O)c1cccc(Cl)c1. The van der Waals surface area contributed by atoms with E-state index in [9.17, 15) is 13.2 Å². The fourth-order valence-electron chi connectivity index (χ4n) is 2.30. The molecule has 0 aliphatic rings. The Bertz CT molecular complexity index is 916. The Morgan fingerprint density at radius 1 is 1.19 bits per heavy atom. The Kier molecular flexibility index (Phi) is 7.24. The molecular weight excluding hydrogens is 388 g/mol. The van der Waals surface area contributed by atoms with Crippen molar-refractivity contribution in [3.63, 3.8) is 0 Å². The summed E-state index contributed by atoms with van der Waals surface area (Å²) in [4.78, 5) is 12.6. The molecule has 0 spiro atoms. The van der Waals surface area contributed by atoms with Crippen molar-refractivity contribution >= 4 is 33.2 Å². The second-order valence-electron chi connectivity index (χ2n) is 5.99. The van der Waals surface area contributed by atoms with Crippen LogP contribution in [0.5, 0.6) is 5.75 Å². The summed E-state index contributed by atoms with van der Waals surface area (Å²) in [6, 6.07) is 10.6. The van der Waals surface area contributed by atoms with Crippen molar-refractivity contribution in [2.45, 2.75) is 38.1 Å². The van der Waals surface area contributed by atoms with Crippen LogP contribution in [0.3, 0.4) is 0 Å². The lowest BCUT2D eigenvalue weighted by atomic mass is 10.2. The maximum Gasteiger partial charge on any atom is 0.255 e. The first kappa shape index (κ1) is 21.2. The molecule has 27 heavy (non-hydrogen) atoms. The number of carbonyl (C=O) groups excluding carboxylic acids is 1. The van der Waals surface area contributed by atoms with Gasteiger partial charge in [0, 0.05) is 16.6 Å². The highest BCUT2D eigenvalue weighted by Gasteiger charge is 2.20. The first-order valence-corrected chi connectivity index (χ1v) is 10.5. The van der Waals surface area contributed by atoms with Gasteiger partial charge < -0.3 is 10.1 Å². The molecule has 0 aromatic heterocycles. The predicted molar refractivity (Wildman–Crippen MR) is 107 cm³/mol. The highest BCUT2D eigenvalue weighted by atomic mass is 35.5. The molecule has 0 aliphatic heterocycles. The van der Waals surface area contributed by atoms with Gasteiger partial charge in [-0.2, -0.15) is 0 Å². The lowest BCUT2D eigenvalue weighted by Gasteiger charge is -2.16. The molecule has 2 aromatic carbocycles. The summed E-state index contributed by atoms with van der Waals surface area (Å²) in [6.45, 7) is 5.85. The third kappa shape index (κ3) is 5.69. The molecule has 0 aliphatic carbocycles. The Balaban J connectivity index is 2.36. The van der Waals surface area contributed by atoms with Crippen LogP contribution in [0.15, 0.2) is 47.4 Å². The summed E-state index contributed by atoms with van der Waals surface area (Å²) in [7, 11) is -3.71. The van der Waals surface area contributed by atoms with Gasteiger partial charge in [0.2, 0.25) is 10.0 Å². The van der Waals surface area contributed by atoms with E-state index < -0.39 is 15.9 Å². The van der Waals surface area contributed by atoms with Gasteiger partial charge >= 0.3 is 0 Å². The smallest absolute Gasteiger partial charge is 0.255 e. The Hall–Kier alpha value is -2.09. The number of sulfonamides is 1. The molecule has 2 rings (SSSR count). The van der Waals surface area contributed by atoms with Gasteiger partial charge in [-0.3, -0.25) is 4.79 Å². The van der Waals surface area contributed by atoms with Gasteiger partial charge in [-0.05, 0) is 56.7 Å². The predicted octanol–water partition coefficient (Wildman–Crippen LogP) is 4.07. The average Bonchev–Trinajstić information content (AvgIpc) is 2.62. The zero-order valence-electron chi connectivity index (χ0n) is 15.5. The third-order valence-corrected chi connectivity index (χ3v) is 5.69. The number of carbonyl (C=O) groups is 1. The van der Waals surface area contributed by atoms with E-state index in [0.717, 1.165) is 0 Å². The maximum absolute atomic E-state index is 12.5. The second kappa shape index (κ2) is 9.21. The lowest BCUT2D eigenvalue weighted by Crippen LogP contribution is -2.32. The van der Waals surface area contributed by atoms with Crippen LogP contribution in [-0.4, -0.2) is 27.0 Å². The number of nitrogens with one attached hydrogen (secondary N) is 2. The minimum Gasteiger partial charge on any atom is -0.492 e. The minimum atomic E-state index is -3.71. The molecule has 146 valence electrons. The standard InChI is InChI=1S/C19H23ClN2O4S/c1-4-13(3)22-27(24,25)16-9-10-18(26-5-2)17(12-16)21-19(23)14-7-6-8-15(20)11-14/h6-13,22H,4-5H2,1-3H3,(H,21,23)/t13-/m0/s1. The van der Waals surface area contributed by atoms with E-state index in [4.69, 9.17) is 16.3 Å². The molecule has 8 heteroatoms. The highest BCUT2D eigenvalue weighted by molar-refractivity contribution is 7.89. The van der Waals surface area contributed by atoms with Crippen LogP contribution in [0.2, 0.25) is 5.02 Å². The number of ether oxygens (including phenoxy) is 1. The number of amides is 1. The van der Waals surface area contributed by atoms with Gasteiger partial charge in [0.25, 0.3) is 5.91 Å². The average molecular weight is 411 g/mol. The van der Waals surface area contributed by atoms with E-state index >= 15 is 0 Å². The molecule has 0 unspecified atom stereocenters. The summed E-state index contributed by atoms with van der Waals surface area (Å²) in [5.74, 6) is -0.0294. The Morgan fingerprint density at radius 3 is 2.56 bits per heavy atom. The molecule has 0 heterocycles. The van der Waals surface area contributed by atoms with Crippen LogP contribution in [0, 0.1) is 0 Å². The molecule has 1 atom stereocenters. The molecule has 0 saturated heterocycles. The van der Waals surface area contributed by atoms with Crippen molar-refractivity contribution in [2.24, 2.45) is 0 Å². The van der Waals surface area contributed by atoms with Gasteiger partial charge in [-0.15, -0.1) is 0 Å². The molecule has 2 aromatic rings. The normalized spacial score (nSPS) is 12.4. The molecule has 2 N–H and O–H groups in total. The second-order valence-corrected chi connectivity index (χ2v) is 8.14. The van der Waals surface area contributed by atoms with E-state index in [-0.39, 0.29) is 16.6 Å². The van der Waals surface area contributed by atoms with Gasteiger partial charge in [0.05, 0.1) is 17.2 Å². The molecule has 1 amide bonds. The Labute approximate surface area is 164 Å². The van der Waals surface area contributed by atoms with Crippen LogP contribution in [0.4, 0.5) is 5.69 Å². The van der Waals surface area contributed by atoms with Gasteiger partial charge in [0.1, 0.15) is 5.75 Å². The number of rotatable bonds is 8. The van der Waals surface area contributed by atoms with Crippen molar-refractivity contribution in [2.75, 3.05) is 11.9 Å². The van der Waals surface area contributed by atoms with Crippen molar-refractivity contribution in [1.29, 1.82) is 0 Å². The van der Waals surface area contributed by atoms with E-state index in [1.807, 2.05) is 6.92 Å². The number of anilines is 1. The summed E-state index contributed by atoms with van der Waals surface area (Å²) in [6.07, 6.45) is 0.661. The number of hydrogen-bond acceptors (Lipinski definition) is 4. The van der Waals surface area contributed by atoms with Crippen LogP contribution < -0.4 is 14.8 Å². The van der Waals surface area contributed by atoms with E-state index in [0.29, 0.717) is 29.4 Å². The van der Waals surface area contributed by atoms with E-state index in [2.05, 4.69) is 10.0 Å². The largest absolute Gasteiger partial charge is 0.492 e. The highest BCUT2D eigenvalue weighted by Crippen LogP contribution is 2.29. The zero-order chi connectivity index (χ0) is 20.0. The third-order valence-electron chi connectivity index (χ3n) is 3.86. The summed E-state index contributed by atoms with van der Waals surface area (Å²) >= 11 is 5.93. The maximum atomic E-state index is 12.5. The van der Waals surface area contributed by atoms with Crippen molar-refractivity contribution < 1.29 is 17.9 Å². The lowest BCUT2D eigenvalue weighted by molar-refractivity contribution is 0.102. The van der Waals surface area contributed by atoms with Gasteiger partial charge in [0.15, 0.2) is 0 Å². The van der Waals surface area contributed by atoms with E-state index in [1.165, 1.54) is 24.3 Å². The molecule has 0 saturated carbocycles. The number of hydrogen-bond donors (Lipinski definition) is 2. The van der Waals surface area contributed by atoms with Crippen molar-refractivity contribution in [3.05, 3.63) is 53.1 Å². The van der Waals surface area contributed by atoms with E-state index in [1.54, 1.807) is 32.0 Å². The van der Waals surface area contributed by atoms with Gasteiger partial charge in [-0.1, -0.05) is 24.6 Å². The van der Waals surface area contributed by atoms with Gasteiger partial charge in [-0.25, -0.2) is 13.1 Å². The topological polar surface area (TPSA) is 84.5 Å². The van der Waals surface area contributed by atoms with Crippen LogP contribution in [0.25, 0.3) is 0 Å². The number of halogens is 1. The van der Waals surface area contributed by atoms with Crippen molar-refractivity contribution in [1.82, 2.24) is 4.72 Å². The Morgan fingerprint density at radius 2 is 1.93 bits per heavy atom. The summed E-state index contributed by atoms with van der Waals surface area (Å²) in [5.41, 5.74) is 0.629. The first-order valence-electron chi connectivity index (χ1n) is 8.63. The minimum absolute atomic E-state index is 0.0487. The molecular formula is C19H23ClN2O4S. The van der Waals surface area contributed by atoms with Crippen LogP contribution in [-0.2, 0) is 10.0 Å². The summed E-state index contributed by atoms with van der Waals surface area (Å²) in [5, 5.41) is 3.14. The number of benzene rings is 2. The molecule has 0 bridgehead atoms. The first-order chi connectivity index (χ1) is 12.8. The van der Waals surface area contributed by atoms with Crippen LogP contribution in [0.1, 0.15) is 37.6 Å². The zero-order valence-corrected chi connectivity index (χ0v) is 17.0. The fourth-order valence-corrected chi connectivity index (χ4v) is 3.84. The quantitative estimate of drug-likeness (QED) is 0.687. The fraction of sp³-hybridized carbons (Fsp3) is 0.316. The summed E-state index contributed by atoms with van der Waals surface area (Å²) < 4.78 is 33.2. The van der Waals surface area contributed by atoms with Crippen LogP contribution >= 0.6 is 11.6 Å². The van der Waals surface area contributed by atoms with Crippen molar-refractivity contribution in [3.8, 4) is 5.75 Å².